The lowest BCUT2D eigenvalue weighted by Crippen LogP contribution is -2.13. The van der Waals surface area contributed by atoms with Gasteiger partial charge in [0.05, 0.1) is 10.8 Å². The normalized spacial score (nSPS) is 10.4. The Balaban J connectivity index is 1.76. The molecule has 0 saturated carbocycles. The number of hydrogen-bond donors (Lipinski definition) is 1. The van der Waals surface area contributed by atoms with Crippen molar-refractivity contribution in [2.24, 2.45) is 0 Å². The molecule has 0 aliphatic heterocycles. The second-order valence-corrected chi connectivity index (χ2v) is 6.90. The van der Waals surface area contributed by atoms with E-state index in [-0.39, 0.29) is 5.91 Å². The first kappa shape index (κ1) is 16.9. The van der Waals surface area contributed by atoms with Crippen molar-refractivity contribution in [3.8, 4) is 0 Å². The molecule has 0 saturated heterocycles. The van der Waals surface area contributed by atoms with E-state index < -0.39 is 0 Å². The molecule has 1 heterocycles. The van der Waals surface area contributed by atoms with Crippen molar-refractivity contribution in [3.05, 3.63) is 48.7 Å². The van der Waals surface area contributed by atoms with Crippen molar-refractivity contribution in [2.75, 3.05) is 16.8 Å². The molecule has 0 atom stereocenters. The molecule has 1 N–H and O–H groups in total. The number of carbonyl (C=O) groups is 1. The van der Waals surface area contributed by atoms with Gasteiger partial charge in [-0.1, -0.05) is 31.2 Å². The van der Waals surface area contributed by atoms with Gasteiger partial charge < -0.3 is 5.32 Å². The average Bonchev–Trinajstić information content (AvgIpc) is 2.56. The van der Waals surface area contributed by atoms with Crippen LogP contribution in [0.1, 0.15) is 19.8 Å². The Morgan fingerprint density at radius 2 is 1.95 bits per heavy atom. The Morgan fingerprint density at radius 3 is 2.64 bits per heavy atom. The summed E-state index contributed by atoms with van der Waals surface area (Å²) in [5, 5.41) is 3.77. The van der Waals surface area contributed by atoms with Gasteiger partial charge in [-0.3, -0.25) is 4.79 Å². The number of amides is 1. The van der Waals surface area contributed by atoms with E-state index in [1.807, 2.05) is 42.1 Å². The van der Waals surface area contributed by atoms with Crippen LogP contribution in [0.5, 0.6) is 0 Å². The van der Waals surface area contributed by atoms with Gasteiger partial charge in [0.2, 0.25) is 5.91 Å². The van der Waals surface area contributed by atoms with E-state index in [9.17, 15) is 4.79 Å². The molecule has 3 nitrogen and oxygen atoms in total. The number of carbonyl (C=O) groups excluding carboxylic acids is 1. The molecule has 0 aliphatic rings. The van der Waals surface area contributed by atoms with Gasteiger partial charge in [0.1, 0.15) is 0 Å². The molecule has 1 aromatic carbocycles. The second-order valence-electron chi connectivity index (χ2n) is 4.73. The summed E-state index contributed by atoms with van der Waals surface area (Å²) in [5.41, 5.74) is 0.839. The Bertz CT molecular complexity index is 573. The minimum Gasteiger partial charge on any atom is -0.325 e. The van der Waals surface area contributed by atoms with Gasteiger partial charge in [0, 0.05) is 16.8 Å². The highest BCUT2D eigenvalue weighted by Gasteiger charge is 2.04. The van der Waals surface area contributed by atoms with Crippen LogP contribution in [0, 0.1) is 0 Å². The van der Waals surface area contributed by atoms with Crippen LogP contribution in [-0.2, 0) is 4.79 Å². The van der Waals surface area contributed by atoms with Crippen LogP contribution < -0.4 is 5.32 Å². The van der Waals surface area contributed by atoms with Crippen LogP contribution in [0.15, 0.2) is 58.6 Å². The topological polar surface area (TPSA) is 42.0 Å². The summed E-state index contributed by atoms with van der Waals surface area (Å²) >= 11 is 3.29. The van der Waals surface area contributed by atoms with Crippen molar-refractivity contribution < 1.29 is 4.79 Å². The summed E-state index contributed by atoms with van der Waals surface area (Å²) in [6, 6.07) is 13.7. The molecule has 0 radical (unpaired) electrons. The minimum atomic E-state index is -0.0120. The number of benzene rings is 1. The molecule has 2 rings (SSSR count). The van der Waals surface area contributed by atoms with Crippen LogP contribution in [0.3, 0.4) is 0 Å². The summed E-state index contributed by atoms with van der Waals surface area (Å²) in [6.07, 6.45) is 4.18. The fourth-order valence-corrected chi connectivity index (χ4v) is 3.40. The largest absolute Gasteiger partial charge is 0.325 e. The van der Waals surface area contributed by atoms with Crippen LogP contribution in [0.2, 0.25) is 0 Å². The number of unbranched alkanes of at least 4 members (excludes halogenated alkanes) is 1. The molecule has 0 aliphatic carbocycles. The van der Waals surface area contributed by atoms with Gasteiger partial charge in [-0.25, -0.2) is 4.98 Å². The van der Waals surface area contributed by atoms with Crippen molar-refractivity contribution in [1.29, 1.82) is 0 Å². The molecular weight excluding hydrogens is 312 g/mol. The predicted molar refractivity (Wildman–Crippen MR) is 95.7 cm³/mol. The summed E-state index contributed by atoms with van der Waals surface area (Å²) in [5.74, 6) is 1.49. The first-order valence-electron chi connectivity index (χ1n) is 7.34. The predicted octanol–water partition coefficient (Wildman–Crippen LogP) is 4.70. The Morgan fingerprint density at radius 1 is 1.14 bits per heavy atom. The SMILES string of the molecule is CCCCSc1ccc(NC(=O)CSc2ccccn2)cc1. The number of nitrogens with zero attached hydrogens (tertiary/aromatic N) is 1. The van der Waals surface area contributed by atoms with E-state index in [0.29, 0.717) is 5.75 Å². The number of anilines is 1. The summed E-state index contributed by atoms with van der Waals surface area (Å²) in [4.78, 5) is 17.3. The average molecular weight is 332 g/mol. The first-order chi connectivity index (χ1) is 10.8. The van der Waals surface area contributed by atoms with Gasteiger partial charge in [-0.05, 0) is 48.6 Å². The van der Waals surface area contributed by atoms with Crippen LogP contribution in [-0.4, -0.2) is 22.4 Å². The number of rotatable bonds is 8. The zero-order chi connectivity index (χ0) is 15.6. The molecule has 0 spiro atoms. The molecule has 1 amide bonds. The van der Waals surface area contributed by atoms with Crippen LogP contribution in [0.4, 0.5) is 5.69 Å². The van der Waals surface area contributed by atoms with Gasteiger partial charge in [-0.15, -0.1) is 11.8 Å². The Hall–Kier alpha value is -1.46. The lowest BCUT2D eigenvalue weighted by molar-refractivity contribution is -0.113. The number of nitrogens with one attached hydrogen (secondary N) is 1. The smallest absolute Gasteiger partial charge is 0.234 e. The monoisotopic (exact) mass is 332 g/mol. The lowest BCUT2D eigenvalue weighted by Gasteiger charge is -2.06. The molecular formula is C17H20N2OS2. The third-order valence-electron chi connectivity index (χ3n) is 2.89. The zero-order valence-electron chi connectivity index (χ0n) is 12.6. The van der Waals surface area contributed by atoms with Crippen LogP contribution in [0.25, 0.3) is 0 Å². The van der Waals surface area contributed by atoms with Crippen LogP contribution >= 0.6 is 23.5 Å². The lowest BCUT2D eigenvalue weighted by atomic mass is 10.3. The molecule has 2 aromatic rings. The van der Waals surface area contributed by atoms with Gasteiger partial charge in [0.25, 0.3) is 0 Å². The molecule has 1 aromatic heterocycles. The van der Waals surface area contributed by atoms with Crippen molar-refractivity contribution in [1.82, 2.24) is 4.98 Å². The minimum absolute atomic E-state index is 0.0120. The van der Waals surface area contributed by atoms with E-state index in [0.717, 1.165) is 16.5 Å². The van der Waals surface area contributed by atoms with E-state index in [1.165, 1.54) is 29.5 Å². The molecule has 0 bridgehead atoms. The molecule has 0 fully saturated rings. The standard InChI is InChI=1S/C17H20N2OS2/c1-2-3-12-21-15-9-7-14(8-10-15)19-16(20)13-22-17-6-4-5-11-18-17/h4-11H,2-3,12-13H2,1H3,(H,19,20). The third-order valence-corrected chi connectivity index (χ3v) is 4.94. The van der Waals surface area contributed by atoms with Crippen molar-refractivity contribution >= 4 is 35.1 Å². The fourth-order valence-electron chi connectivity index (χ4n) is 1.74. The number of pyridine rings is 1. The second kappa shape index (κ2) is 9.54. The molecule has 22 heavy (non-hydrogen) atoms. The number of hydrogen-bond acceptors (Lipinski definition) is 4. The van der Waals surface area contributed by atoms with E-state index in [2.05, 4.69) is 29.4 Å². The van der Waals surface area contributed by atoms with Crippen molar-refractivity contribution in [2.45, 2.75) is 29.7 Å². The number of thioether (sulfide) groups is 2. The fraction of sp³-hybridized carbons (Fsp3) is 0.294. The van der Waals surface area contributed by atoms with E-state index in [1.54, 1.807) is 6.20 Å². The quantitative estimate of drug-likeness (QED) is 0.562. The summed E-state index contributed by atoms with van der Waals surface area (Å²) in [6.45, 7) is 2.20. The van der Waals surface area contributed by atoms with Crippen molar-refractivity contribution in [3.63, 3.8) is 0 Å². The maximum Gasteiger partial charge on any atom is 0.234 e. The first-order valence-corrected chi connectivity index (χ1v) is 9.31. The third kappa shape index (κ3) is 6.12. The highest BCUT2D eigenvalue weighted by molar-refractivity contribution is 8.00. The van der Waals surface area contributed by atoms with Gasteiger partial charge in [-0.2, -0.15) is 0 Å². The maximum atomic E-state index is 11.9. The van der Waals surface area contributed by atoms with Gasteiger partial charge in [0.15, 0.2) is 0 Å². The zero-order valence-corrected chi connectivity index (χ0v) is 14.3. The highest BCUT2D eigenvalue weighted by Crippen LogP contribution is 2.21. The summed E-state index contributed by atoms with van der Waals surface area (Å²) in [7, 11) is 0. The number of aromatic nitrogens is 1. The Kier molecular flexibility index (Phi) is 7.33. The summed E-state index contributed by atoms with van der Waals surface area (Å²) < 4.78 is 0. The molecule has 116 valence electrons. The highest BCUT2D eigenvalue weighted by atomic mass is 32.2. The maximum absolute atomic E-state index is 11.9. The van der Waals surface area contributed by atoms with Gasteiger partial charge >= 0.3 is 0 Å². The Labute approximate surface area is 140 Å². The molecule has 0 unspecified atom stereocenters. The van der Waals surface area contributed by atoms with E-state index in [4.69, 9.17) is 0 Å². The van der Waals surface area contributed by atoms with E-state index >= 15 is 0 Å². The molecule has 5 heteroatoms.